The van der Waals surface area contributed by atoms with Crippen molar-refractivity contribution in [2.24, 2.45) is 0 Å². The summed E-state index contributed by atoms with van der Waals surface area (Å²) < 4.78 is 1.42. The molecule has 118 valence electrons. The Morgan fingerprint density at radius 2 is 1.39 bits per heavy atom. The van der Waals surface area contributed by atoms with Gasteiger partial charge in [0.05, 0.1) is 0 Å². The normalized spacial score (nSPS) is 15.1. The van der Waals surface area contributed by atoms with Crippen LogP contribution in [0.3, 0.4) is 0 Å². The summed E-state index contributed by atoms with van der Waals surface area (Å²) in [4.78, 5) is 4.44. The molecule has 1 aromatic carbocycles. The SMILES string of the molecule is Cc1sc(C)c(C2=C(c3c(C)sc4ccccc34)CCC2)c1C. The minimum atomic E-state index is 1.23. The number of benzene rings is 1. The molecule has 0 spiro atoms. The highest BCUT2D eigenvalue weighted by Gasteiger charge is 2.25. The maximum absolute atomic E-state index is 2.30. The fourth-order valence-electron chi connectivity index (χ4n) is 4.07. The van der Waals surface area contributed by atoms with Gasteiger partial charge in [0.1, 0.15) is 0 Å². The topological polar surface area (TPSA) is 0 Å². The van der Waals surface area contributed by atoms with Gasteiger partial charge in [-0.3, -0.25) is 0 Å². The van der Waals surface area contributed by atoms with Crippen LogP contribution in [0.4, 0.5) is 0 Å². The maximum Gasteiger partial charge on any atom is 0.0351 e. The van der Waals surface area contributed by atoms with Gasteiger partial charge in [-0.15, -0.1) is 22.7 Å². The molecule has 2 heteroatoms. The second-order valence-corrected chi connectivity index (χ2v) is 9.24. The van der Waals surface area contributed by atoms with E-state index in [0.29, 0.717) is 0 Å². The third-order valence-electron chi connectivity index (χ3n) is 5.15. The zero-order valence-corrected chi connectivity index (χ0v) is 15.9. The van der Waals surface area contributed by atoms with Crippen LogP contribution >= 0.6 is 22.7 Å². The Morgan fingerprint density at radius 3 is 2.09 bits per heavy atom. The van der Waals surface area contributed by atoms with E-state index in [1.54, 1.807) is 16.7 Å². The van der Waals surface area contributed by atoms with Gasteiger partial charge in [-0.1, -0.05) is 18.2 Å². The number of thiophene rings is 2. The first-order valence-electron chi connectivity index (χ1n) is 8.35. The number of hydrogen-bond donors (Lipinski definition) is 0. The minimum absolute atomic E-state index is 1.23. The second kappa shape index (κ2) is 5.61. The molecule has 3 aromatic rings. The van der Waals surface area contributed by atoms with Crippen LogP contribution in [0.5, 0.6) is 0 Å². The Hall–Kier alpha value is -1.38. The number of hydrogen-bond acceptors (Lipinski definition) is 2. The summed E-state index contributed by atoms with van der Waals surface area (Å²) in [6, 6.07) is 8.90. The molecule has 0 radical (unpaired) electrons. The van der Waals surface area contributed by atoms with Gasteiger partial charge in [-0.05, 0) is 80.9 Å². The fourth-order valence-corrected chi connectivity index (χ4v) is 6.26. The molecule has 1 aliphatic rings. The molecule has 0 fully saturated rings. The van der Waals surface area contributed by atoms with Crippen LogP contribution in [-0.2, 0) is 0 Å². The van der Waals surface area contributed by atoms with Crippen LogP contribution in [0.1, 0.15) is 50.6 Å². The summed E-state index contributed by atoms with van der Waals surface area (Å²) >= 11 is 3.90. The highest BCUT2D eigenvalue weighted by molar-refractivity contribution is 7.19. The van der Waals surface area contributed by atoms with Gasteiger partial charge < -0.3 is 0 Å². The molecular formula is C21H22S2. The van der Waals surface area contributed by atoms with Gasteiger partial charge in [0.2, 0.25) is 0 Å². The zero-order chi connectivity index (χ0) is 16.1. The molecule has 0 amide bonds. The summed E-state index contributed by atoms with van der Waals surface area (Å²) in [6.45, 7) is 9.15. The summed E-state index contributed by atoms with van der Waals surface area (Å²) in [6.07, 6.45) is 3.75. The van der Waals surface area contributed by atoms with Gasteiger partial charge in [0.15, 0.2) is 0 Å². The van der Waals surface area contributed by atoms with Crippen molar-refractivity contribution in [3.63, 3.8) is 0 Å². The van der Waals surface area contributed by atoms with E-state index >= 15 is 0 Å². The molecule has 2 heterocycles. The van der Waals surface area contributed by atoms with Gasteiger partial charge >= 0.3 is 0 Å². The first-order chi connectivity index (χ1) is 11.1. The zero-order valence-electron chi connectivity index (χ0n) is 14.2. The summed E-state index contributed by atoms with van der Waals surface area (Å²) in [5.74, 6) is 0. The van der Waals surface area contributed by atoms with E-state index in [9.17, 15) is 0 Å². The van der Waals surface area contributed by atoms with E-state index < -0.39 is 0 Å². The van der Waals surface area contributed by atoms with Crippen molar-refractivity contribution in [2.45, 2.75) is 47.0 Å². The van der Waals surface area contributed by atoms with Crippen LogP contribution in [0.15, 0.2) is 24.3 Å². The van der Waals surface area contributed by atoms with Crippen molar-refractivity contribution < 1.29 is 0 Å². The predicted molar refractivity (Wildman–Crippen MR) is 106 cm³/mol. The van der Waals surface area contributed by atoms with Crippen molar-refractivity contribution in [1.29, 1.82) is 0 Å². The lowest BCUT2D eigenvalue weighted by Crippen LogP contribution is -1.90. The Labute approximate surface area is 146 Å². The molecule has 0 saturated carbocycles. The highest BCUT2D eigenvalue weighted by Crippen LogP contribution is 2.48. The van der Waals surface area contributed by atoms with Crippen molar-refractivity contribution >= 4 is 43.9 Å². The largest absolute Gasteiger partial charge is 0.145 e. The third kappa shape index (κ3) is 2.31. The molecule has 4 rings (SSSR count). The van der Waals surface area contributed by atoms with E-state index in [1.807, 2.05) is 22.7 Å². The second-order valence-electron chi connectivity index (χ2n) is 6.55. The Balaban J connectivity index is 2.00. The Kier molecular flexibility index (Phi) is 3.70. The van der Waals surface area contributed by atoms with Crippen LogP contribution in [0.2, 0.25) is 0 Å². The minimum Gasteiger partial charge on any atom is -0.145 e. The molecule has 0 atom stereocenters. The average molecular weight is 339 g/mol. The van der Waals surface area contributed by atoms with Gasteiger partial charge in [-0.2, -0.15) is 0 Å². The number of aryl methyl sites for hydroxylation is 3. The molecule has 0 saturated heterocycles. The standard InChI is InChI=1S/C21H22S2/c1-12-13(2)22-14(3)20(12)16-9-7-10-17(16)21-15(4)23-19-11-6-5-8-18(19)21/h5-6,8,11H,7,9-10H2,1-4H3. The highest BCUT2D eigenvalue weighted by atomic mass is 32.1. The Morgan fingerprint density at radius 1 is 0.739 bits per heavy atom. The fraction of sp³-hybridized carbons (Fsp3) is 0.333. The summed E-state index contributed by atoms with van der Waals surface area (Å²) in [7, 11) is 0. The maximum atomic E-state index is 2.30. The Bertz CT molecular complexity index is 934. The molecule has 2 aromatic heterocycles. The van der Waals surface area contributed by atoms with Gasteiger partial charge in [-0.25, -0.2) is 0 Å². The van der Waals surface area contributed by atoms with Crippen molar-refractivity contribution in [1.82, 2.24) is 0 Å². The number of fused-ring (bicyclic) bond motifs is 1. The lowest BCUT2D eigenvalue weighted by atomic mass is 9.93. The molecule has 0 bridgehead atoms. The van der Waals surface area contributed by atoms with E-state index in [4.69, 9.17) is 0 Å². The summed E-state index contributed by atoms with van der Waals surface area (Å²) in [5, 5.41) is 1.45. The lowest BCUT2D eigenvalue weighted by molar-refractivity contribution is 0.941. The molecule has 23 heavy (non-hydrogen) atoms. The summed E-state index contributed by atoms with van der Waals surface area (Å²) in [5.41, 5.74) is 7.81. The molecule has 1 aliphatic carbocycles. The van der Waals surface area contributed by atoms with Gasteiger partial charge in [0.25, 0.3) is 0 Å². The molecule has 0 N–H and O–H groups in total. The monoisotopic (exact) mass is 338 g/mol. The van der Waals surface area contributed by atoms with Crippen molar-refractivity contribution in [3.05, 3.63) is 55.6 Å². The van der Waals surface area contributed by atoms with E-state index in [2.05, 4.69) is 52.0 Å². The number of allylic oxidation sites excluding steroid dienone is 2. The van der Waals surface area contributed by atoms with Crippen LogP contribution in [-0.4, -0.2) is 0 Å². The average Bonchev–Trinajstić information content (AvgIpc) is 3.16. The van der Waals surface area contributed by atoms with E-state index in [0.717, 1.165) is 0 Å². The van der Waals surface area contributed by atoms with Crippen LogP contribution in [0, 0.1) is 27.7 Å². The molecule has 0 unspecified atom stereocenters. The molecular weight excluding hydrogens is 316 g/mol. The van der Waals surface area contributed by atoms with Gasteiger partial charge in [0, 0.05) is 24.7 Å². The number of rotatable bonds is 2. The first-order valence-corrected chi connectivity index (χ1v) is 9.98. The third-order valence-corrected chi connectivity index (χ3v) is 7.36. The molecule has 0 nitrogen and oxygen atoms in total. The quantitative estimate of drug-likeness (QED) is 0.460. The van der Waals surface area contributed by atoms with Crippen molar-refractivity contribution in [2.75, 3.05) is 0 Å². The van der Waals surface area contributed by atoms with Crippen LogP contribution in [0.25, 0.3) is 21.2 Å². The molecule has 0 aliphatic heterocycles. The lowest BCUT2D eigenvalue weighted by Gasteiger charge is -2.10. The van der Waals surface area contributed by atoms with E-state index in [1.165, 1.54) is 55.1 Å². The van der Waals surface area contributed by atoms with Crippen molar-refractivity contribution in [3.8, 4) is 0 Å². The van der Waals surface area contributed by atoms with E-state index in [-0.39, 0.29) is 0 Å². The predicted octanol–water partition coefficient (Wildman–Crippen LogP) is 7.29. The smallest absolute Gasteiger partial charge is 0.0351 e. The first kappa shape index (κ1) is 15.2. The van der Waals surface area contributed by atoms with Crippen LogP contribution < -0.4 is 0 Å².